The molecule has 1 atom stereocenters. The van der Waals surface area contributed by atoms with E-state index in [2.05, 4.69) is 0 Å². The highest BCUT2D eigenvalue weighted by Crippen LogP contribution is 2.47. The van der Waals surface area contributed by atoms with Gasteiger partial charge in [-0.2, -0.15) is 0 Å². The van der Waals surface area contributed by atoms with Gasteiger partial charge in [0.15, 0.2) is 11.6 Å². The Kier molecular flexibility index (Phi) is 3.85. The fourth-order valence-electron chi connectivity index (χ4n) is 2.56. The van der Waals surface area contributed by atoms with E-state index in [9.17, 15) is 13.6 Å². The molecule has 1 fully saturated rings. The van der Waals surface area contributed by atoms with E-state index >= 15 is 0 Å². The molecule has 1 aromatic rings. The highest BCUT2D eigenvalue weighted by Gasteiger charge is 2.50. The molecule has 0 spiro atoms. The molecule has 0 aliphatic heterocycles. The predicted octanol–water partition coefficient (Wildman–Crippen LogP) is 2.04. The third kappa shape index (κ3) is 2.61. The lowest BCUT2D eigenvalue weighted by molar-refractivity contribution is -0.153. The van der Waals surface area contributed by atoms with Crippen molar-refractivity contribution in [3.8, 4) is 0 Å². The number of rotatable bonds is 5. The molecule has 3 nitrogen and oxygen atoms in total. The van der Waals surface area contributed by atoms with Crippen LogP contribution in [0.1, 0.15) is 18.4 Å². The Hall–Kier alpha value is -1.49. The normalized spacial score (nSPS) is 17.9. The maximum absolute atomic E-state index is 13.2. The summed E-state index contributed by atoms with van der Waals surface area (Å²) in [5.41, 5.74) is 5.51. The van der Waals surface area contributed by atoms with Gasteiger partial charge >= 0.3 is 5.97 Å². The van der Waals surface area contributed by atoms with Crippen molar-refractivity contribution in [1.82, 2.24) is 0 Å². The molecule has 0 radical (unpaired) electrons. The van der Waals surface area contributed by atoms with Crippen molar-refractivity contribution in [3.05, 3.63) is 35.4 Å². The molecule has 104 valence electrons. The van der Waals surface area contributed by atoms with Crippen LogP contribution in [0.4, 0.5) is 8.78 Å². The molecule has 1 aromatic carbocycles. The Morgan fingerprint density at radius 2 is 2.11 bits per heavy atom. The van der Waals surface area contributed by atoms with Crippen molar-refractivity contribution >= 4 is 5.97 Å². The number of hydrogen-bond acceptors (Lipinski definition) is 3. The summed E-state index contributed by atoms with van der Waals surface area (Å²) in [6, 6.07) is 3.66. The van der Waals surface area contributed by atoms with Gasteiger partial charge in [0.25, 0.3) is 0 Å². The van der Waals surface area contributed by atoms with Crippen LogP contribution in [-0.2, 0) is 16.0 Å². The Morgan fingerprint density at radius 3 is 2.58 bits per heavy atom. The van der Waals surface area contributed by atoms with Gasteiger partial charge < -0.3 is 10.5 Å². The van der Waals surface area contributed by atoms with Gasteiger partial charge in [0.2, 0.25) is 0 Å². The summed E-state index contributed by atoms with van der Waals surface area (Å²) in [4.78, 5) is 12.0. The Bertz CT molecular complexity index is 488. The van der Waals surface area contributed by atoms with Crippen LogP contribution < -0.4 is 5.73 Å². The number of carbonyl (C=O) groups excluding carboxylic acids is 1. The van der Waals surface area contributed by atoms with Gasteiger partial charge in [0.1, 0.15) is 0 Å². The largest absolute Gasteiger partial charge is 0.469 e. The van der Waals surface area contributed by atoms with Gasteiger partial charge in [0.05, 0.1) is 12.5 Å². The molecule has 0 amide bonds. The SMILES string of the molecule is COC(=O)C(CN)(Cc1ccc(F)c(F)c1)C1CC1. The number of nitrogens with two attached hydrogens (primary N) is 1. The smallest absolute Gasteiger partial charge is 0.313 e. The fraction of sp³-hybridized carbons (Fsp3) is 0.500. The molecule has 1 aliphatic carbocycles. The van der Waals surface area contributed by atoms with Crippen LogP contribution >= 0.6 is 0 Å². The minimum Gasteiger partial charge on any atom is -0.469 e. The zero-order valence-corrected chi connectivity index (χ0v) is 10.8. The summed E-state index contributed by atoms with van der Waals surface area (Å²) in [5, 5.41) is 0. The highest BCUT2D eigenvalue weighted by atomic mass is 19.2. The highest BCUT2D eigenvalue weighted by molar-refractivity contribution is 5.78. The molecule has 5 heteroatoms. The predicted molar refractivity (Wildman–Crippen MR) is 66.3 cm³/mol. The molecule has 1 aliphatic rings. The fourth-order valence-corrected chi connectivity index (χ4v) is 2.56. The van der Waals surface area contributed by atoms with Gasteiger partial charge in [0, 0.05) is 6.54 Å². The molecule has 19 heavy (non-hydrogen) atoms. The maximum Gasteiger partial charge on any atom is 0.313 e. The molecule has 0 heterocycles. The number of benzene rings is 1. The molecule has 0 saturated heterocycles. The molecular weight excluding hydrogens is 252 g/mol. The summed E-state index contributed by atoms with van der Waals surface area (Å²) >= 11 is 0. The number of methoxy groups -OCH3 is 1. The third-order valence-electron chi connectivity index (χ3n) is 3.82. The first-order valence-corrected chi connectivity index (χ1v) is 6.26. The molecule has 1 unspecified atom stereocenters. The molecular formula is C14H17F2NO2. The minimum atomic E-state index is -0.913. The van der Waals surface area contributed by atoms with E-state index < -0.39 is 17.0 Å². The topological polar surface area (TPSA) is 52.3 Å². The lowest BCUT2D eigenvalue weighted by atomic mass is 9.77. The third-order valence-corrected chi connectivity index (χ3v) is 3.82. The summed E-state index contributed by atoms with van der Waals surface area (Å²) in [5.74, 6) is -2.02. The van der Waals surface area contributed by atoms with Gasteiger partial charge in [-0.15, -0.1) is 0 Å². The molecule has 0 bridgehead atoms. The van der Waals surface area contributed by atoms with Gasteiger partial charge in [-0.05, 0) is 42.9 Å². The van der Waals surface area contributed by atoms with Crippen LogP contribution in [-0.4, -0.2) is 19.6 Å². The average molecular weight is 269 g/mol. The first-order chi connectivity index (χ1) is 9.03. The van der Waals surface area contributed by atoms with E-state index in [0.29, 0.717) is 5.56 Å². The van der Waals surface area contributed by atoms with Crippen molar-refractivity contribution in [2.24, 2.45) is 17.1 Å². The van der Waals surface area contributed by atoms with Crippen LogP contribution in [0, 0.1) is 23.0 Å². The zero-order valence-electron chi connectivity index (χ0n) is 10.8. The lowest BCUT2D eigenvalue weighted by Gasteiger charge is -2.29. The van der Waals surface area contributed by atoms with Crippen LogP contribution in [0.2, 0.25) is 0 Å². The average Bonchev–Trinajstić information content (AvgIpc) is 3.24. The Morgan fingerprint density at radius 1 is 1.42 bits per heavy atom. The van der Waals surface area contributed by atoms with E-state index in [4.69, 9.17) is 10.5 Å². The van der Waals surface area contributed by atoms with Crippen LogP contribution in [0.3, 0.4) is 0 Å². The summed E-state index contributed by atoms with van der Waals surface area (Å²) < 4.78 is 31.0. The minimum absolute atomic E-state index is 0.142. The van der Waals surface area contributed by atoms with Gasteiger partial charge in [-0.1, -0.05) is 6.07 Å². The van der Waals surface area contributed by atoms with E-state index in [-0.39, 0.29) is 24.9 Å². The number of hydrogen-bond donors (Lipinski definition) is 1. The maximum atomic E-state index is 13.2. The molecule has 1 saturated carbocycles. The molecule has 2 rings (SSSR count). The number of halogens is 2. The standard InChI is InChI=1S/C14H17F2NO2/c1-19-13(18)14(8-17,10-3-4-10)7-9-2-5-11(15)12(16)6-9/h2,5-6,10H,3-4,7-8,17H2,1H3. The first kappa shape index (κ1) is 13.9. The molecule has 2 N–H and O–H groups in total. The van der Waals surface area contributed by atoms with Crippen LogP contribution in [0.15, 0.2) is 18.2 Å². The quantitative estimate of drug-likeness (QED) is 0.832. The summed E-state index contributed by atoms with van der Waals surface area (Å²) in [6.07, 6.45) is 2.10. The van der Waals surface area contributed by atoms with Crippen molar-refractivity contribution in [2.75, 3.05) is 13.7 Å². The van der Waals surface area contributed by atoms with Crippen LogP contribution in [0.5, 0.6) is 0 Å². The Balaban J connectivity index is 2.29. The van der Waals surface area contributed by atoms with E-state index in [1.165, 1.54) is 13.2 Å². The van der Waals surface area contributed by atoms with E-state index in [1.807, 2.05) is 0 Å². The second kappa shape index (κ2) is 5.25. The van der Waals surface area contributed by atoms with Crippen molar-refractivity contribution in [2.45, 2.75) is 19.3 Å². The monoisotopic (exact) mass is 269 g/mol. The van der Waals surface area contributed by atoms with E-state index in [1.54, 1.807) is 0 Å². The van der Waals surface area contributed by atoms with E-state index in [0.717, 1.165) is 25.0 Å². The number of carbonyl (C=O) groups is 1. The molecule has 0 aromatic heterocycles. The van der Waals surface area contributed by atoms with Crippen molar-refractivity contribution in [3.63, 3.8) is 0 Å². The summed E-state index contributed by atoms with van der Waals surface area (Å²) in [6.45, 7) is 0.142. The van der Waals surface area contributed by atoms with Crippen LogP contribution in [0.25, 0.3) is 0 Å². The second-order valence-corrected chi connectivity index (χ2v) is 5.05. The first-order valence-electron chi connectivity index (χ1n) is 6.26. The summed E-state index contributed by atoms with van der Waals surface area (Å²) in [7, 11) is 1.32. The number of ether oxygens (including phenoxy) is 1. The number of esters is 1. The van der Waals surface area contributed by atoms with Gasteiger partial charge in [-0.3, -0.25) is 4.79 Å². The van der Waals surface area contributed by atoms with Gasteiger partial charge in [-0.25, -0.2) is 8.78 Å². The van der Waals surface area contributed by atoms with Crippen molar-refractivity contribution in [1.29, 1.82) is 0 Å². The second-order valence-electron chi connectivity index (χ2n) is 5.05. The van der Waals surface area contributed by atoms with Crippen molar-refractivity contribution < 1.29 is 18.3 Å². The zero-order chi connectivity index (χ0) is 14.0. The lowest BCUT2D eigenvalue weighted by Crippen LogP contribution is -2.43. The Labute approximate surface area is 110 Å².